The van der Waals surface area contributed by atoms with E-state index in [1.165, 1.54) is 56.7 Å². The number of phenols is 1. The molecule has 0 radical (unpaired) electrons. The van der Waals surface area contributed by atoms with Crippen LogP contribution < -0.4 is 4.74 Å². The molecule has 1 aromatic rings. The number of fused-ring (bicyclic) bond motifs is 1. The van der Waals surface area contributed by atoms with E-state index in [9.17, 15) is 13.5 Å². The van der Waals surface area contributed by atoms with E-state index in [4.69, 9.17) is 9.29 Å². The Morgan fingerprint density at radius 1 is 0.947 bits per heavy atom. The van der Waals surface area contributed by atoms with Gasteiger partial charge in [0.15, 0.2) is 0 Å². The zero-order chi connectivity index (χ0) is 28.5. The maximum absolute atomic E-state index is 11.0. The van der Waals surface area contributed by atoms with Gasteiger partial charge in [-0.2, -0.15) is 20.2 Å². The van der Waals surface area contributed by atoms with Crippen molar-refractivity contribution in [3.8, 4) is 11.5 Å². The van der Waals surface area contributed by atoms with Crippen molar-refractivity contribution in [3.05, 3.63) is 22.3 Å². The lowest BCUT2D eigenvalue weighted by molar-refractivity contribution is 0.0511. The van der Waals surface area contributed by atoms with E-state index in [1.807, 2.05) is 13.8 Å². The molecule has 0 saturated carbocycles. The Kier molecular flexibility index (Phi) is 13.3. The lowest BCUT2D eigenvalue weighted by atomic mass is 9.83. The van der Waals surface area contributed by atoms with Crippen LogP contribution >= 0.6 is 11.8 Å². The minimum Gasteiger partial charge on any atom is -0.507 e. The van der Waals surface area contributed by atoms with Gasteiger partial charge in [0.25, 0.3) is 10.1 Å². The van der Waals surface area contributed by atoms with Crippen molar-refractivity contribution in [2.24, 2.45) is 17.8 Å². The first kappa shape index (κ1) is 33.3. The van der Waals surface area contributed by atoms with Crippen molar-refractivity contribution < 1.29 is 22.8 Å². The molecule has 1 aromatic carbocycles. The van der Waals surface area contributed by atoms with Gasteiger partial charge in [-0.25, -0.2) is 0 Å². The summed E-state index contributed by atoms with van der Waals surface area (Å²) >= 11 is 1.41. The van der Waals surface area contributed by atoms with Crippen LogP contribution in [0.1, 0.15) is 121 Å². The Morgan fingerprint density at radius 2 is 1.53 bits per heavy atom. The largest absolute Gasteiger partial charge is 0.507 e. The predicted molar refractivity (Wildman–Crippen MR) is 162 cm³/mol. The third-order valence-corrected chi connectivity index (χ3v) is 10.4. The lowest BCUT2D eigenvalue weighted by Crippen LogP contribution is -2.37. The summed E-state index contributed by atoms with van der Waals surface area (Å²) in [6.07, 6.45) is 13.2. The van der Waals surface area contributed by atoms with E-state index in [0.717, 1.165) is 71.4 Å². The second-order valence-corrected chi connectivity index (χ2v) is 15.3. The van der Waals surface area contributed by atoms with E-state index < -0.39 is 10.1 Å². The fraction of sp³-hybridized carbons (Fsp3) is 0.806. The molecular weight excluding hydrogens is 516 g/mol. The molecule has 2 N–H and O–H groups in total. The monoisotopic (exact) mass is 570 g/mol. The number of aromatic hydroxyl groups is 1. The third-order valence-electron chi connectivity index (χ3n) is 8.44. The minimum absolute atomic E-state index is 0.207. The summed E-state index contributed by atoms with van der Waals surface area (Å²) in [6, 6.07) is 0. The molecule has 220 valence electrons. The zero-order valence-corrected chi connectivity index (χ0v) is 26.7. The van der Waals surface area contributed by atoms with E-state index in [-0.39, 0.29) is 22.9 Å². The third kappa shape index (κ3) is 10.9. The molecule has 0 bridgehead atoms. The standard InChI is InChI=1S/C31H54O5S2/c1-22(2)11-8-12-23(3)13-9-14-24(4)15-10-17-31(7)18-16-27-28(21-37-19-20-38(33,34)35)29(32)25(5)26(6)30(27)36-31/h22-24,32H,8-21H2,1-7H3,(H,33,34,35). The molecule has 2 rings (SSSR count). The highest BCUT2D eigenvalue weighted by atomic mass is 32.2. The number of hydrogen-bond donors (Lipinski definition) is 2. The summed E-state index contributed by atoms with van der Waals surface area (Å²) in [5.41, 5.74) is 3.51. The Hall–Kier alpha value is -0.920. The van der Waals surface area contributed by atoms with Crippen LogP contribution in [0.2, 0.25) is 0 Å². The highest BCUT2D eigenvalue weighted by Gasteiger charge is 2.35. The Labute approximate surface area is 237 Å². The number of hydrogen-bond acceptors (Lipinski definition) is 5. The number of benzene rings is 1. The van der Waals surface area contributed by atoms with E-state index >= 15 is 0 Å². The number of phenolic OH excluding ortho intramolecular Hbond substituents is 1. The van der Waals surface area contributed by atoms with Gasteiger partial charge in [-0.15, -0.1) is 0 Å². The van der Waals surface area contributed by atoms with Crippen LogP contribution in [-0.2, 0) is 22.3 Å². The molecule has 1 aliphatic heterocycles. The second kappa shape index (κ2) is 15.2. The summed E-state index contributed by atoms with van der Waals surface area (Å²) in [6.45, 7) is 15.6. The van der Waals surface area contributed by atoms with Gasteiger partial charge in [0.1, 0.15) is 17.1 Å². The molecule has 3 atom stereocenters. The van der Waals surface area contributed by atoms with Gasteiger partial charge in [0.05, 0.1) is 5.75 Å². The quantitative estimate of drug-likeness (QED) is 0.144. The fourth-order valence-electron chi connectivity index (χ4n) is 5.64. The van der Waals surface area contributed by atoms with Gasteiger partial charge >= 0.3 is 0 Å². The van der Waals surface area contributed by atoms with Crippen molar-refractivity contribution in [2.75, 3.05) is 11.5 Å². The van der Waals surface area contributed by atoms with Crippen molar-refractivity contribution in [3.63, 3.8) is 0 Å². The SMILES string of the molecule is Cc1c(C)c2c(c(CSCCS(=O)(=O)O)c1O)CCC(C)(CCCC(C)CCCC(C)CCCC(C)C)O2. The van der Waals surface area contributed by atoms with Gasteiger partial charge in [0, 0.05) is 22.6 Å². The highest BCUT2D eigenvalue weighted by Crippen LogP contribution is 2.46. The highest BCUT2D eigenvalue weighted by molar-refractivity contribution is 7.99. The molecule has 0 aliphatic carbocycles. The molecule has 0 fully saturated rings. The lowest BCUT2D eigenvalue weighted by Gasteiger charge is -2.38. The molecule has 1 aliphatic rings. The molecule has 1 heterocycles. The molecule has 0 saturated heterocycles. The van der Waals surface area contributed by atoms with Crippen LogP contribution in [-0.4, -0.2) is 35.2 Å². The van der Waals surface area contributed by atoms with Crippen molar-refractivity contribution >= 4 is 21.9 Å². The molecule has 5 nitrogen and oxygen atoms in total. The van der Waals surface area contributed by atoms with Crippen LogP contribution in [0, 0.1) is 31.6 Å². The number of rotatable bonds is 17. The van der Waals surface area contributed by atoms with E-state index in [0.29, 0.717) is 5.75 Å². The van der Waals surface area contributed by atoms with Crippen molar-refractivity contribution in [2.45, 2.75) is 130 Å². The van der Waals surface area contributed by atoms with E-state index in [2.05, 4.69) is 34.6 Å². The number of thioether (sulfide) groups is 1. The number of ether oxygens (including phenoxy) is 1. The normalized spacial score (nSPS) is 19.3. The summed E-state index contributed by atoms with van der Waals surface area (Å²) < 4.78 is 37.8. The average Bonchev–Trinajstić information content (AvgIpc) is 2.81. The summed E-state index contributed by atoms with van der Waals surface area (Å²) in [5, 5.41) is 10.9. The molecule has 7 heteroatoms. The van der Waals surface area contributed by atoms with Gasteiger partial charge in [-0.3, -0.25) is 4.55 Å². The maximum atomic E-state index is 11.0. The van der Waals surface area contributed by atoms with Crippen LogP contribution in [0.3, 0.4) is 0 Å². The fourth-order valence-corrected chi connectivity index (χ4v) is 7.62. The average molecular weight is 571 g/mol. The Morgan fingerprint density at radius 3 is 2.11 bits per heavy atom. The molecule has 0 spiro atoms. The molecule has 0 aromatic heterocycles. The zero-order valence-electron chi connectivity index (χ0n) is 25.1. The van der Waals surface area contributed by atoms with Gasteiger partial charge in [-0.05, 0) is 75.3 Å². The van der Waals surface area contributed by atoms with Crippen LogP contribution in [0.15, 0.2) is 0 Å². The first-order chi connectivity index (χ1) is 17.7. The topological polar surface area (TPSA) is 83.8 Å². The molecule has 3 unspecified atom stereocenters. The van der Waals surface area contributed by atoms with Crippen LogP contribution in [0.4, 0.5) is 0 Å². The Bertz CT molecular complexity index is 989. The molecule has 0 amide bonds. The predicted octanol–water partition coefficient (Wildman–Crippen LogP) is 8.65. The second-order valence-electron chi connectivity index (χ2n) is 12.6. The first-order valence-corrected chi connectivity index (χ1v) is 17.5. The summed E-state index contributed by atoms with van der Waals surface area (Å²) in [5.74, 6) is 4.09. The first-order valence-electron chi connectivity index (χ1n) is 14.8. The molecular formula is C31H54O5S2. The van der Waals surface area contributed by atoms with Crippen molar-refractivity contribution in [1.29, 1.82) is 0 Å². The molecule has 38 heavy (non-hydrogen) atoms. The van der Waals surface area contributed by atoms with Crippen LogP contribution in [0.25, 0.3) is 0 Å². The Balaban J connectivity index is 1.87. The minimum atomic E-state index is -3.98. The van der Waals surface area contributed by atoms with Crippen LogP contribution in [0.5, 0.6) is 11.5 Å². The van der Waals surface area contributed by atoms with Gasteiger partial charge in [-0.1, -0.05) is 72.6 Å². The van der Waals surface area contributed by atoms with Crippen molar-refractivity contribution in [1.82, 2.24) is 0 Å². The van der Waals surface area contributed by atoms with Gasteiger partial charge < -0.3 is 9.84 Å². The summed E-state index contributed by atoms with van der Waals surface area (Å²) in [4.78, 5) is 0. The maximum Gasteiger partial charge on any atom is 0.265 e. The summed E-state index contributed by atoms with van der Waals surface area (Å²) in [7, 11) is -3.98. The smallest absolute Gasteiger partial charge is 0.265 e. The van der Waals surface area contributed by atoms with E-state index in [1.54, 1.807) is 0 Å². The van der Waals surface area contributed by atoms with Gasteiger partial charge in [0.2, 0.25) is 0 Å².